The molecule has 0 spiro atoms. The Morgan fingerprint density at radius 3 is 2.41 bits per heavy atom. The van der Waals surface area contributed by atoms with Gasteiger partial charge < -0.3 is 0 Å². The third kappa shape index (κ3) is 5.64. The number of hydrogen-bond donors (Lipinski definition) is 0. The van der Waals surface area contributed by atoms with E-state index in [-0.39, 0.29) is 5.78 Å². The fraction of sp³-hybridized carbons (Fsp3) is 0.267. The van der Waals surface area contributed by atoms with Crippen molar-refractivity contribution in [3.8, 4) is 0 Å². The Balaban J connectivity index is 2.46. The molecule has 0 saturated heterocycles. The van der Waals surface area contributed by atoms with E-state index in [1.165, 1.54) is 5.57 Å². The summed E-state index contributed by atoms with van der Waals surface area (Å²) >= 11 is 3.35. The molecule has 1 aromatic carbocycles. The second kappa shape index (κ2) is 7.23. The van der Waals surface area contributed by atoms with Gasteiger partial charge in [-0.1, -0.05) is 33.7 Å². The molecule has 0 radical (unpaired) electrons. The first-order chi connectivity index (χ1) is 8.09. The molecule has 1 rings (SSSR count). The van der Waals surface area contributed by atoms with Gasteiger partial charge in [-0.25, -0.2) is 0 Å². The molecule has 0 N–H and O–H groups in total. The Labute approximate surface area is 111 Å². The second-order valence-electron chi connectivity index (χ2n) is 4.13. The fourth-order valence-electron chi connectivity index (χ4n) is 1.37. The minimum absolute atomic E-state index is 0.0645. The molecule has 0 heterocycles. The Kier molecular flexibility index (Phi) is 5.92. The van der Waals surface area contributed by atoms with Crippen molar-refractivity contribution in [2.24, 2.45) is 0 Å². The molecule has 1 aromatic rings. The summed E-state index contributed by atoms with van der Waals surface area (Å²) in [6, 6.07) is 7.41. The number of carbonyl (C=O) groups is 1. The lowest BCUT2D eigenvalue weighted by Gasteiger charge is -1.95. The van der Waals surface area contributed by atoms with Gasteiger partial charge in [-0.15, -0.1) is 0 Å². The van der Waals surface area contributed by atoms with Gasteiger partial charge >= 0.3 is 0 Å². The molecule has 0 aliphatic carbocycles. The molecular formula is C15H17BrO. The predicted molar refractivity (Wildman–Crippen MR) is 76.3 cm³/mol. The summed E-state index contributed by atoms with van der Waals surface area (Å²) in [5.74, 6) is 0.0645. The largest absolute Gasteiger partial charge is 0.289 e. The molecule has 0 bridgehead atoms. The van der Waals surface area contributed by atoms with Gasteiger partial charge in [0.25, 0.3) is 0 Å². The van der Waals surface area contributed by atoms with Crippen LogP contribution in [0.3, 0.4) is 0 Å². The number of rotatable bonds is 5. The first-order valence-electron chi connectivity index (χ1n) is 5.69. The average molecular weight is 293 g/mol. The number of hydrogen-bond acceptors (Lipinski definition) is 1. The third-order valence-corrected chi connectivity index (χ3v) is 2.81. The van der Waals surface area contributed by atoms with E-state index in [0.29, 0.717) is 0 Å². The molecule has 0 saturated carbocycles. The fourth-order valence-corrected chi connectivity index (χ4v) is 1.63. The zero-order chi connectivity index (χ0) is 12.7. The molecule has 0 aliphatic rings. The molecule has 0 aromatic heterocycles. The van der Waals surface area contributed by atoms with Crippen molar-refractivity contribution in [1.82, 2.24) is 0 Å². The van der Waals surface area contributed by atoms with Crippen LogP contribution in [0.5, 0.6) is 0 Å². The maximum Gasteiger partial charge on any atom is 0.185 e. The molecule has 0 aliphatic heterocycles. The van der Waals surface area contributed by atoms with E-state index in [9.17, 15) is 4.79 Å². The number of halogens is 1. The van der Waals surface area contributed by atoms with Crippen LogP contribution in [0.15, 0.2) is 52.5 Å². The van der Waals surface area contributed by atoms with Crippen LogP contribution >= 0.6 is 15.9 Å². The van der Waals surface area contributed by atoms with Gasteiger partial charge in [0.1, 0.15) is 0 Å². The molecule has 0 atom stereocenters. The minimum atomic E-state index is 0.0645. The zero-order valence-corrected chi connectivity index (χ0v) is 11.8. The highest BCUT2D eigenvalue weighted by Crippen LogP contribution is 2.11. The summed E-state index contributed by atoms with van der Waals surface area (Å²) < 4.78 is 0.988. The van der Waals surface area contributed by atoms with Gasteiger partial charge in [0.05, 0.1) is 0 Å². The standard InChI is InChI=1S/C15H17BrO/c1-12(2)6-4-3-5-7-15(17)13-8-10-14(16)11-9-13/h5-11H,3-4H2,1-2H3/b7-5+. The first kappa shape index (κ1) is 13.9. The topological polar surface area (TPSA) is 17.1 Å². The van der Waals surface area contributed by atoms with Gasteiger partial charge in [0.15, 0.2) is 5.78 Å². The van der Waals surface area contributed by atoms with Crippen LogP contribution in [0.2, 0.25) is 0 Å². The van der Waals surface area contributed by atoms with Crippen LogP contribution in [0, 0.1) is 0 Å². The summed E-state index contributed by atoms with van der Waals surface area (Å²) in [6.45, 7) is 4.16. The maximum atomic E-state index is 11.7. The molecule has 0 unspecified atom stereocenters. The summed E-state index contributed by atoms with van der Waals surface area (Å²) in [7, 11) is 0. The van der Waals surface area contributed by atoms with E-state index < -0.39 is 0 Å². The highest BCUT2D eigenvalue weighted by Gasteiger charge is 1.99. The summed E-state index contributed by atoms with van der Waals surface area (Å²) in [5, 5.41) is 0. The van der Waals surface area contributed by atoms with Gasteiger partial charge in [-0.05, 0) is 57.0 Å². The van der Waals surface area contributed by atoms with E-state index >= 15 is 0 Å². The normalized spacial score (nSPS) is 10.5. The smallest absolute Gasteiger partial charge is 0.185 e. The Hall–Kier alpha value is -1.15. The minimum Gasteiger partial charge on any atom is -0.289 e. The van der Waals surface area contributed by atoms with Crippen molar-refractivity contribution in [2.75, 3.05) is 0 Å². The van der Waals surface area contributed by atoms with E-state index in [4.69, 9.17) is 0 Å². The van der Waals surface area contributed by atoms with Crippen LogP contribution < -0.4 is 0 Å². The molecule has 0 amide bonds. The molecular weight excluding hydrogens is 276 g/mol. The van der Waals surface area contributed by atoms with Crippen molar-refractivity contribution >= 4 is 21.7 Å². The van der Waals surface area contributed by atoms with Crippen molar-refractivity contribution in [1.29, 1.82) is 0 Å². The van der Waals surface area contributed by atoms with Crippen LogP contribution in [0.25, 0.3) is 0 Å². The van der Waals surface area contributed by atoms with Gasteiger partial charge in [-0.3, -0.25) is 4.79 Å². The lowest BCUT2D eigenvalue weighted by Crippen LogP contribution is -1.93. The summed E-state index contributed by atoms with van der Waals surface area (Å²) in [5.41, 5.74) is 2.05. The number of allylic oxidation sites excluding steroid dienone is 4. The Morgan fingerprint density at radius 1 is 1.18 bits per heavy atom. The third-order valence-electron chi connectivity index (χ3n) is 2.28. The lowest BCUT2D eigenvalue weighted by molar-refractivity contribution is 0.104. The SMILES string of the molecule is CC(C)=CCC/C=C/C(=O)c1ccc(Br)cc1. The van der Waals surface area contributed by atoms with E-state index in [0.717, 1.165) is 22.9 Å². The van der Waals surface area contributed by atoms with Crippen molar-refractivity contribution < 1.29 is 4.79 Å². The van der Waals surface area contributed by atoms with E-state index in [1.54, 1.807) is 6.08 Å². The summed E-state index contributed by atoms with van der Waals surface area (Å²) in [4.78, 5) is 11.7. The van der Waals surface area contributed by atoms with E-state index in [2.05, 4.69) is 35.9 Å². The molecule has 1 nitrogen and oxygen atoms in total. The Morgan fingerprint density at radius 2 is 1.82 bits per heavy atom. The molecule has 0 fully saturated rings. The maximum absolute atomic E-state index is 11.7. The van der Waals surface area contributed by atoms with Gasteiger partial charge in [0.2, 0.25) is 0 Å². The number of ketones is 1. The van der Waals surface area contributed by atoms with E-state index in [1.807, 2.05) is 30.3 Å². The molecule has 2 heteroatoms. The first-order valence-corrected chi connectivity index (χ1v) is 6.48. The lowest BCUT2D eigenvalue weighted by atomic mass is 10.1. The van der Waals surface area contributed by atoms with Crippen molar-refractivity contribution in [2.45, 2.75) is 26.7 Å². The van der Waals surface area contributed by atoms with Crippen LogP contribution in [-0.4, -0.2) is 5.78 Å². The molecule has 17 heavy (non-hydrogen) atoms. The quantitative estimate of drug-likeness (QED) is 0.325. The van der Waals surface area contributed by atoms with Gasteiger partial charge in [0, 0.05) is 10.0 Å². The highest BCUT2D eigenvalue weighted by atomic mass is 79.9. The van der Waals surface area contributed by atoms with Crippen LogP contribution in [0.1, 0.15) is 37.0 Å². The van der Waals surface area contributed by atoms with Gasteiger partial charge in [-0.2, -0.15) is 0 Å². The highest BCUT2D eigenvalue weighted by molar-refractivity contribution is 9.10. The average Bonchev–Trinajstić information content (AvgIpc) is 2.29. The molecule has 90 valence electrons. The van der Waals surface area contributed by atoms with Crippen molar-refractivity contribution in [3.63, 3.8) is 0 Å². The zero-order valence-electron chi connectivity index (χ0n) is 10.2. The van der Waals surface area contributed by atoms with Crippen LogP contribution in [-0.2, 0) is 0 Å². The predicted octanol–water partition coefficient (Wildman–Crippen LogP) is 4.93. The Bertz CT molecular complexity index is 423. The number of carbonyl (C=O) groups excluding carboxylic acids is 1. The number of unbranched alkanes of at least 4 members (excludes halogenated alkanes) is 1. The number of benzene rings is 1. The monoisotopic (exact) mass is 292 g/mol. The summed E-state index contributed by atoms with van der Waals surface area (Å²) in [6.07, 6.45) is 7.67. The van der Waals surface area contributed by atoms with Crippen molar-refractivity contribution in [3.05, 3.63) is 58.1 Å². The van der Waals surface area contributed by atoms with Crippen LogP contribution in [0.4, 0.5) is 0 Å². The second-order valence-corrected chi connectivity index (χ2v) is 5.05.